The first-order valence-electron chi connectivity index (χ1n) is 5.12. The first kappa shape index (κ1) is 13.4. The molecule has 0 fully saturated rings. The van der Waals surface area contributed by atoms with E-state index in [1.165, 1.54) is 0 Å². The third-order valence-electron chi connectivity index (χ3n) is 2.27. The van der Waals surface area contributed by atoms with E-state index in [-0.39, 0.29) is 12.0 Å². The normalized spacial score (nSPS) is 12.6. The lowest BCUT2D eigenvalue weighted by Crippen LogP contribution is -2.34. The molecule has 0 aromatic heterocycles. The standard InChI is InChI=1S/C10H22N2O2/c1-4-5-6-12(2)10(13)7-9(8-11)14-3/h9H,4-8,11H2,1-3H3. The summed E-state index contributed by atoms with van der Waals surface area (Å²) in [5.41, 5.74) is 5.44. The summed E-state index contributed by atoms with van der Waals surface area (Å²) in [5.74, 6) is 0.107. The number of ether oxygens (including phenoxy) is 1. The van der Waals surface area contributed by atoms with Crippen molar-refractivity contribution in [1.29, 1.82) is 0 Å². The Kier molecular flexibility index (Phi) is 7.42. The molecule has 14 heavy (non-hydrogen) atoms. The van der Waals surface area contributed by atoms with Crippen LogP contribution in [0.4, 0.5) is 0 Å². The maximum Gasteiger partial charge on any atom is 0.224 e. The van der Waals surface area contributed by atoms with Gasteiger partial charge in [0.15, 0.2) is 0 Å². The molecule has 84 valence electrons. The Morgan fingerprint density at radius 2 is 2.21 bits per heavy atom. The molecular formula is C10H22N2O2. The fourth-order valence-electron chi connectivity index (χ4n) is 1.13. The van der Waals surface area contributed by atoms with Gasteiger partial charge in [0, 0.05) is 27.2 Å². The van der Waals surface area contributed by atoms with E-state index in [4.69, 9.17) is 10.5 Å². The van der Waals surface area contributed by atoms with Crippen LogP contribution in [0.1, 0.15) is 26.2 Å². The molecule has 0 rings (SSSR count). The van der Waals surface area contributed by atoms with Gasteiger partial charge in [0.1, 0.15) is 0 Å². The van der Waals surface area contributed by atoms with Crippen molar-refractivity contribution in [2.24, 2.45) is 5.73 Å². The van der Waals surface area contributed by atoms with Crippen molar-refractivity contribution in [1.82, 2.24) is 4.90 Å². The van der Waals surface area contributed by atoms with Gasteiger partial charge in [-0.1, -0.05) is 13.3 Å². The molecule has 0 aliphatic rings. The summed E-state index contributed by atoms with van der Waals surface area (Å²) in [6.45, 7) is 3.32. The van der Waals surface area contributed by atoms with Crippen LogP contribution >= 0.6 is 0 Å². The van der Waals surface area contributed by atoms with Crippen LogP contribution in [0.5, 0.6) is 0 Å². The summed E-state index contributed by atoms with van der Waals surface area (Å²) in [5, 5.41) is 0. The van der Waals surface area contributed by atoms with Crippen molar-refractivity contribution in [3.63, 3.8) is 0 Å². The second-order valence-corrected chi connectivity index (χ2v) is 3.47. The van der Waals surface area contributed by atoms with Gasteiger partial charge in [-0.15, -0.1) is 0 Å². The van der Waals surface area contributed by atoms with Crippen molar-refractivity contribution in [2.45, 2.75) is 32.3 Å². The lowest BCUT2D eigenvalue weighted by molar-refractivity contribution is -0.132. The van der Waals surface area contributed by atoms with Gasteiger partial charge in [-0.2, -0.15) is 0 Å². The highest BCUT2D eigenvalue weighted by molar-refractivity contribution is 5.76. The highest BCUT2D eigenvalue weighted by Gasteiger charge is 2.14. The van der Waals surface area contributed by atoms with E-state index in [9.17, 15) is 4.79 Å². The van der Waals surface area contributed by atoms with E-state index in [1.807, 2.05) is 7.05 Å². The van der Waals surface area contributed by atoms with Crippen molar-refractivity contribution < 1.29 is 9.53 Å². The predicted molar refractivity (Wildman–Crippen MR) is 57.0 cm³/mol. The summed E-state index contributed by atoms with van der Waals surface area (Å²) in [6, 6.07) is 0. The topological polar surface area (TPSA) is 55.6 Å². The number of hydrogen-bond acceptors (Lipinski definition) is 3. The molecule has 0 saturated carbocycles. The molecule has 0 spiro atoms. The molecule has 0 radical (unpaired) electrons. The Balaban J connectivity index is 3.81. The minimum atomic E-state index is -0.147. The molecule has 1 unspecified atom stereocenters. The van der Waals surface area contributed by atoms with Gasteiger partial charge in [0.05, 0.1) is 12.5 Å². The van der Waals surface area contributed by atoms with Crippen molar-refractivity contribution in [3.05, 3.63) is 0 Å². The van der Waals surface area contributed by atoms with Crippen LogP contribution in [0.2, 0.25) is 0 Å². The van der Waals surface area contributed by atoms with Crippen LogP contribution in [0.15, 0.2) is 0 Å². The van der Waals surface area contributed by atoms with E-state index >= 15 is 0 Å². The molecule has 0 aromatic carbocycles. The predicted octanol–water partition coefficient (Wildman–Crippen LogP) is 0.609. The average Bonchev–Trinajstić information content (AvgIpc) is 2.21. The maximum absolute atomic E-state index is 11.6. The molecule has 0 bridgehead atoms. The van der Waals surface area contributed by atoms with Gasteiger partial charge in [0.25, 0.3) is 0 Å². The molecule has 0 heterocycles. The first-order chi connectivity index (χ1) is 6.65. The number of amides is 1. The number of carbonyl (C=O) groups is 1. The molecule has 2 N–H and O–H groups in total. The fourth-order valence-corrected chi connectivity index (χ4v) is 1.13. The SMILES string of the molecule is CCCCN(C)C(=O)CC(CN)OC. The first-order valence-corrected chi connectivity index (χ1v) is 5.12. The lowest BCUT2D eigenvalue weighted by atomic mass is 10.2. The molecule has 0 saturated heterocycles. The second-order valence-electron chi connectivity index (χ2n) is 3.47. The van der Waals surface area contributed by atoms with Crippen LogP contribution in [0, 0.1) is 0 Å². The molecule has 1 amide bonds. The highest BCUT2D eigenvalue weighted by atomic mass is 16.5. The van der Waals surface area contributed by atoms with Crippen LogP contribution in [0.3, 0.4) is 0 Å². The largest absolute Gasteiger partial charge is 0.380 e. The molecule has 0 aliphatic heterocycles. The number of methoxy groups -OCH3 is 1. The zero-order valence-corrected chi connectivity index (χ0v) is 9.45. The molecule has 4 nitrogen and oxygen atoms in total. The van der Waals surface area contributed by atoms with E-state index in [2.05, 4.69) is 6.92 Å². The monoisotopic (exact) mass is 202 g/mol. The molecule has 0 aromatic rings. The molecule has 0 aliphatic carbocycles. The van der Waals surface area contributed by atoms with Crippen molar-refractivity contribution >= 4 is 5.91 Å². The van der Waals surface area contributed by atoms with E-state index < -0.39 is 0 Å². The zero-order chi connectivity index (χ0) is 11.0. The average molecular weight is 202 g/mol. The molecule has 4 heteroatoms. The van der Waals surface area contributed by atoms with Gasteiger partial charge in [0.2, 0.25) is 5.91 Å². The summed E-state index contributed by atoms with van der Waals surface area (Å²) < 4.78 is 5.05. The van der Waals surface area contributed by atoms with Crippen LogP contribution in [0.25, 0.3) is 0 Å². The quantitative estimate of drug-likeness (QED) is 0.658. The zero-order valence-electron chi connectivity index (χ0n) is 9.45. The number of carbonyl (C=O) groups excluding carboxylic acids is 1. The summed E-state index contributed by atoms with van der Waals surface area (Å²) >= 11 is 0. The smallest absolute Gasteiger partial charge is 0.224 e. The minimum absolute atomic E-state index is 0.107. The third kappa shape index (κ3) is 5.19. The number of nitrogens with two attached hydrogens (primary N) is 1. The van der Waals surface area contributed by atoms with Gasteiger partial charge in [-0.05, 0) is 6.42 Å². The molecular weight excluding hydrogens is 180 g/mol. The second kappa shape index (κ2) is 7.76. The summed E-state index contributed by atoms with van der Waals surface area (Å²) in [6.07, 6.45) is 2.38. The van der Waals surface area contributed by atoms with Crippen molar-refractivity contribution in [2.75, 3.05) is 27.2 Å². The van der Waals surface area contributed by atoms with E-state index in [1.54, 1.807) is 12.0 Å². The lowest BCUT2D eigenvalue weighted by Gasteiger charge is -2.19. The van der Waals surface area contributed by atoms with E-state index in [0.29, 0.717) is 13.0 Å². The molecule has 1 atom stereocenters. The Morgan fingerprint density at radius 3 is 2.64 bits per heavy atom. The van der Waals surface area contributed by atoms with E-state index in [0.717, 1.165) is 19.4 Å². The Hall–Kier alpha value is -0.610. The number of rotatable bonds is 7. The van der Waals surface area contributed by atoms with Crippen LogP contribution < -0.4 is 5.73 Å². The van der Waals surface area contributed by atoms with Gasteiger partial charge >= 0.3 is 0 Å². The number of nitrogens with zero attached hydrogens (tertiary/aromatic N) is 1. The Labute approximate surface area is 86.4 Å². The maximum atomic E-state index is 11.6. The minimum Gasteiger partial charge on any atom is -0.380 e. The Bertz CT molecular complexity index is 158. The Morgan fingerprint density at radius 1 is 1.57 bits per heavy atom. The van der Waals surface area contributed by atoms with Crippen molar-refractivity contribution in [3.8, 4) is 0 Å². The highest BCUT2D eigenvalue weighted by Crippen LogP contribution is 2.00. The number of unbranched alkanes of at least 4 members (excludes halogenated alkanes) is 1. The fraction of sp³-hybridized carbons (Fsp3) is 0.900. The van der Waals surface area contributed by atoms with Gasteiger partial charge in [-0.25, -0.2) is 0 Å². The van der Waals surface area contributed by atoms with Crippen LogP contribution in [-0.4, -0.2) is 44.2 Å². The summed E-state index contributed by atoms with van der Waals surface area (Å²) in [4.78, 5) is 13.3. The number of hydrogen-bond donors (Lipinski definition) is 1. The summed E-state index contributed by atoms with van der Waals surface area (Å²) in [7, 11) is 3.40. The van der Waals surface area contributed by atoms with Crippen LogP contribution in [-0.2, 0) is 9.53 Å². The van der Waals surface area contributed by atoms with Gasteiger partial charge < -0.3 is 15.4 Å². The van der Waals surface area contributed by atoms with Gasteiger partial charge in [-0.3, -0.25) is 4.79 Å². The third-order valence-corrected chi connectivity index (χ3v) is 2.27.